The van der Waals surface area contributed by atoms with Gasteiger partial charge < -0.3 is 14.8 Å². The zero-order chi connectivity index (χ0) is 13.2. The molecule has 19 heavy (non-hydrogen) atoms. The summed E-state index contributed by atoms with van der Waals surface area (Å²) in [7, 11) is 1.70. The Hall–Kier alpha value is -1.06. The summed E-state index contributed by atoms with van der Waals surface area (Å²) >= 11 is 0. The van der Waals surface area contributed by atoms with Gasteiger partial charge in [0.15, 0.2) is 0 Å². The first-order chi connectivity index (χ1) is 9.24. The van der Waals surface area contributed by atoms with E-state index in [4.69, 9.17) is 9.47 Å². The summed E-state index contributed by atoms with van der Waals surface area (Å²) in [6.07, 6.45) is 5.72. The van der Waals surface area contributed by atoms with Crippen LogP contribution in [-0.2, 0) is 11.2 Å². The molecule has 3 heteroatoms. The van der Waals surface area contributed by atoms with Gasteiger partial charge >= 0.3 is 0 Å². The van der Waals surface area contributed by atoms with Crippen molar-refractivity contribution in [1.29, 1.82) is 0 Å². The van der Waals surface area contributed by atoms with Gasteiger partial charge in [0.05, 0.1) is 19.3 Å². The Morgan fingerprint density at radius 3 is 2.68 bits per heavy atom. The molecule has 2 saturated heterocycles. The average molecular weight is 261 g/mol. The van der Waals surface area contributed by atoms with Gasteiger partial charge in [-0.15, -0.1) is 0 Å². The van der Waals surface area contributed by atoms with Crippen molar-refractivity contribution >= 4 is 0 Å². The van der Waals surface area contributed by atoms with Gasteiger partial charge in [-0.3, -0.25) is 0 Å². The van der Waals surface area contributed by atoms with Gasteiger partial charge in [-0.1, -0.05) is 12.1 Å². The van der Waals surface area contributed by atoms with Crippen LogP contribution in [0.25, 0.3) is 0 Å². The lowest BCUT2D eigenvalue weighted by atomic mass is 9.94. The van der Waals surface area contributed by atoms with E-state index in [9.17, 15) is 0 Å². The number of methoxy groups -OCH3 is 1. The quantitative estimate of drug-likeness (QED) is 0.883. The minimum absolute atomic E-state index is 0.461. The lowest BCUT2D eigenvalue weighted by molar-refractivity contribution is 0.0962. The molecule has 2 fully saturated rings. The fourth-order valence-electron chi connectivity index (χ4n) is 3.35. The summed E-state index contributed by atoms with van der Waals surface area (Å²) in [5.74, 6) is 0.922. The fourth-order valence-corrected chi connectivity index (χ4v) is 3.35. The number of benzene rings is 1. The van der Waals surface area contributed by atoms with Crippen LogP contribution in [0.4, 0.5) is 0 Å². The minimum atomic E-state index is 0.461. The molecular formula is C16H23NO2. The Morgan fingerprint density at radius 1 is 1.32 bits per heavy atom. The van der Waals surface area contributed by atoms with Gasteiger partial charge in [0.1, 0.15) is 5.75 Å². The maximum Gasteiger partial charge on any atom is 0.118 e. The second kappa shape index (κ2) is 5.51. The Morgan fingerprint density at radius 2 is 2.11 bits per heavy atom. The van der Waals surface area contributed by atoms with E-state index in [1.165, 1.54) is 24.8 Å². The largest absolute Gasteiger partial charge is 0.497 e. The van der Waals surface area contributed by atoms with Crippen LogP contribution >= 0.6 is 0 Å². The molecule has 1 N–H and O–H groups in total. The van der Waals surface area contributed by atoms with Crippen molar-refractivity contribution < 1.29 is 9.47 Å². The van der Waals surface area contributed by atoms with Crippen LogP contribution in [0, 0.1) is 0 Å². The van der Waals surface area contributed by atoms with Crippen molar-refractivity contribution in [2.45, 2.75) is 56.9 Å². The Labute approximate surface area is 115 Å². The normalized spacial score (nSPS) is 30.5. The maximum atomic E-state index is 5.89. The summed E-state index contributed by atoms with van der Waals surface area (Å²) in [6.45, 7) is 2.26. The predicted octanol–water partition coefficient (Wildman–Crippen LogP) is 2.54. The SMILES string of the molecule is COc1ccc(CC(C)NC2CC3CCC2O3)cc1. The first-order valence-corrected chi connectivity index (χ1v) is 7.29. The summed E-state index contributed by atoms with van der Waals surface area (Å²) in [6, 6.07) is 9.40. The van der Waals surface area contributed by atoms with E-state index in [1.807, 2.05) is 12.1 Å². The lowest BCUT2D eigenvalue weighted by Crippen LogP contribution is -2.43. The molecule has 0 aromatic heterocycles. The third kappa shape index (κ3) is 2.93. The Bertz CT molecular complexity index is 417. The summed E-state index contributed by atoms with van der Waals surface area (Å²) in [5, 5.41) is 3.73. The molecule has 0 amide bonds. The van der Waals surface area contributed by atoms with E-state index < -0.39 is 0 Å². The van der Waals surface area contributed by atoms with Gasteiger partial charge in [0, 0.05) is 12.1 Å². The molecule has 0 saturated carbocycles. The van der Waals surface area contributed by atoms with Gasteiger partial charge in [-0.05, 0) is 50.3 Å². The van der Waals surface area contributed by atoms with E-state index in [-0.39, 0.29) is 0 Å². The van der Waals surface area contributed by atoms with E-state index in [0.717, 1.165) is 12.2 Å². The van der Waals surface area contributed by atoms with Crippen LogP contribution in [0.15, 0.2) is 24.3 Å². The van der Waals surface area contributed by atoms with Crippen LogP contribution in [0.5, 0.6) is 5.75 Å². The number of hydrogen-bond acceptors (Lipinski definition) is 3. The minimum Gasteiger partial charge on any atom is -0.497 e. The van der Waals surface area contributed by atoms with Gasteiger partial charge in [-0.2, -0.15) is 0 Å². The molecule has 2 heterocycles. The monoisotopic (exact) mass is 261 g/mol. The van der Waals surface area contributed by atoms with Gasteiger partial charge in [-0.25, -0.2) is 0 Å². The molecule has 4 atom stereocenters. The van der Waals surface area contributed by atoms with Gasteiger partial charge in [0.2, 0.25) is 0 Å². The molecule has 3 nitrogen and oxygen atoms in total. The third-order valence-electron chi connectivity index (χ3n) is 4.31. The second-order valence-corrected chi connectivity index (χ2v) is 5.84. The van der Waals surface area contributed by atoms with Crippen molar-refractivity contribution in [3.63, 3.8) is 0 Å². The standard InChI is InChI=1S/C16H23NO2/c1-11(9-12-3-5-13(18-2)6-4-12)17-15-10-14-7-8-16(15)19-14/h3-6,11,14-17H,7-10H2,1-2H3. The van der Waals surface area contributed by atoms with Crippen LogP contribution in [-0.4, -0.2) is 31.4 Å². The molecule has 2 aliphatic heterocycles. The van der Waals surface area contributed by atoms with Crippen molar-refractivity contribution in [2.24, 2.45) is 0 Å². The predicted molar refractivity (Wildman–Crippen MR) is 75.6 cm³/mol. The Balaban J connectivity index is 1.51. The summed E-state index contributed by atoms with van der Waals surface area (Å²) in [4.78, 5) is 0. The lowest BCUT2D eigenvalue weighted by Gasteiger charge is -2.24. The van der Waals surface area contributed by atoms with E-state index in [1.54, 1.807) is 7.11 Å². The molecule has 0 radical (unpaired) electrons. The zero-order valence-electron chi connectivity index (χ0n) is 11.8. The van der Waals surface area contributed by atoms with Crippen molar-refractivity contribution in [3.05, 3.63) is 29.8 Å². The first-order valence-electron chi connectivity index (χ1n) is 7.29. The highest BCUT2D eigenvalue weighted by Gasteiger charge is 2.40. The Kier molecular flexibility index (Phi) is 3.76. The molecule has 0 spiro atoms. The van der Waals surface area contributed by atoms with Crippen molar-refractivity contribution in [3.8, 4) is 5.75 Å². The fraction of sp³-hybridized carbons (Fsp3) is 0.625. The van der Waals surface area contributed by atoms with E-state index in [0.29, 0.717) is 24.3 Å². The number of rotatable bonds is 5. The third-order valence-corrected chi connectivity index (χ3v) is 4.31. The summed E-state index contributed by atoms with van der Waals surface area (Å²) < 4.78 is 11.1. The number of hydrogen-bond donors (Lipinski definition) is 1. The molecule has 1 aromatic rings. The number of fused-ring (bicyclic) bond motifs is 2. The molecule has 1 aromatic carbocycles. The highest BCUT2D eigenvalue weighted by atomic mass is 16.5. The molecule has 2 aliphatic rings. The highest BCUT2D eigenvalue weighted by Crippen LogP contribution is 2.34. The molecule has 4 unspecified atom stereocenters. The molecular weight excluding hydrogens is 238 g/mol. The van der Waals surface area contributed by atoms with E-state index in [2.05, 4.69) is 24.4 Å². The topological polar surface area (TPSA) is 30.5 Å². The van der Waals surface area contributed by atoms with Crippen molar-refractivity contribution in [1.82, 2.24) is 5.32 Å². The smallest absolute Gasteiger partial charge is 0.118 e. The van der Waals surface area contributed by atoms with Crippen LogP contribution in [0.3, 0.4) is 0 Å². The van der Waals surface area contributed by atoms with Gasteiger partial charge in [0.25, 0.3) is 0 Å². The average Bonchev–Trinajstić information content (AvgIpc) is 3.02. The van der Waals surface area contributed by atoms with Crippen LogP contribution in [0.2, 0.25) is 0 Å². The van der Waals surface area contributed by atoms with E-state index >= 15 is 0 Å². The van der Waals surface area contributed by atoms with Crippen LogP contribution in [0.1, 0.15) is 31.7 Å². The summed E-state index contributed by atoms with van der Waals surface area (Å²) in [5.41, 5.74) is 1.35. The molecule has 2 bridgehead atoms. The van der Waals surface area contributed by atoms with Crippen molar-refractivity contribution in [2.75, 3.05) is 7.11 Å². The highest BCUT2D eigenvalue weighted by molar-refractivity contribution is 5.27. The number of ether oxygens (including phenoxy) is 2. The second-order valence-electron chi connectivity index (χ2n) is 5.84. The zero-order valence-corrected chi connectivity index (χ0v) is 11.8. The number of nitrogens with one attached hydrogen (secondary N) is 1. The molecule has 3 rings (SSSR count). The van der Waals surface area contributed by atoms with Crippen LogP contribution < -0.4 is 10.1 Å². The first kappa shape index (κ1) is 12.9. The molecule has 104 valence electrons. The molecule has 0 aliphatic carbocycles. The maximum absolute atomic E-state index is 5.89.